The number of rotatable bonds is 4. The van der Waals surface area contributed by atoms with E-state index >= 15 is 0 Å². The van der Waals surface area contributed by atoms with E-state index in [4.69, 9.17) is 0 Å². The maximum Gasteiger partial charge on any atom is 0.419 e. The predicted molar refractivity (Wildman–Crippen MR) is 119 cm³/mol. The fraction of sp³-hybridized carbons (Fsp3) is 0.391. The molecule has 5 rings (SSSR count). The first-order valence-corrected chi connectivity index (χ1v) is 11.0. The predicted octanol–water partition coefficient (Wildman–Crippen LogP) is 3.27. The third-order valence-electron chi connectivity index (χ3n) is 6.57. The summed E-state index contributed by atoms with van der Waals surface area (Å²) in [4.78, 5) is 30.2. The van der Waals surface area contributed by atoms with Crippen molar-refractivity contribution in [3.63, 3.8) is 0 Å². The van der Waals surface area contributed by atoms with Crippen molar-refractivity contribution in [1.82, 2.24) is 24.4 Å². The number of nitrogens with one attached hydrogen (secondary N) is 1. The van der Waals surface area contributed by atoms with Crippen LogP contribution in [0.15, 0.2) is 37.1 Å². The number of amides is 1. The monoisotopic (exact) mass is 489 g/mol. The van der Waals surface area contributed by atoms with Crippen LogP contribution >= 0.6 is 0 Å². The van der Waals surface area contributed by atoms with Crippen molar-refractivity contribution < 1.29 is 22.4 Å². The number of carbonyl (C=O) groups is 1. The van der Waals surface area contributed by atoms with Gasteiger partial charge in [0.05, 0.1) is 30.2 Å². The molecule has 1 amide bonds. The fourth-order valence-electron chi connectivity index (χ4n) is 4.96. The molecule has 4 heterocycles. The first-order chi connectivity index (χ1) is 16.5. The summed E-state index contributed by atoms with van der Waals surface area (Å²) in [6.45, 7) is 2.59. The molecule has 1 fully saturated rings. The molecule has 2 aromatic heterocycles. The molecule has 2 aliphatic rings. The highest BCUT2D eigenvalue weighted by Crippen LogP contribution is 2.43. The Balaban J connectivity index is 1.54. The van der Waals surface area contributed by atoms with E-state index in [0.29, 0.717) is 42.0 Å². The third-order valence-corrected chi connectivity index (χ3v) is 6.57. The Labute approximate surface area is 198 Å². The minimum atomic E-state index is -4.81. The number of benzene rings is 1. The van der Waals surface area contributed by atoms with Crippen molar-refractivity contribution in [3.05, 3.63) is 65.3 Å². The largest absolute Gasteiger partial charge is 0.419 e. The topological polar surface area (TPSA) is 79.2 Å². The molecule has 1 atom stereocenters. The zero-order valence-electron chi connectivity index (χ0n) is 19.3. The normalized spacial score (nSPS) is 18.4. The van der Waals surface area contributed by atoms with Crippen molar-refractivity contribution in [3.8, 4) is 0 Å². The van der Waals surface area contributed by atoms with Gasteiger partial charge in [-0.3, -0.25) is 9.69 Å². The van der Waals surface area contributed by atoms with Gasteiger partial charge in [0.1, 0.15) is 23.4 Å². The number of likely N-dealkylation sites (N-methyl/N-ethyl adjacent to an activating group) is 1. The van der Waals surface area contributed by atoms with Crippen molar-refractivity contribution in [1.29, 1.82) is 0 Å². The molecule has 0 radical (unpaired) electrons. The van der Waals surface area contributed by atoms with Crippen LogP contribution in [0.3, 0.4) is 0 Å². The van der Waals surface area contributed by atoms with Gasteiger partial charge in [-0.25, -0.2) is 19.3 Å². The minimum Gasteiger partial charge on any atom is -0.363 e. The Kier molecular flexibility index (Phi) is 5.31. The van der Waals surface area contributed by atoms with Crippen LogP contribution < -0.4 is 10.2 Å². The van der Waals surface area contributed by atoms with E-state index in [1.54, 1.807) is 36.0 Å². The zero-order valence-corrected chi connectivity index (χ0v) is 19.3. The second-order valence-electron chi connectivity index (χ2n) is 9.17. The van der Waals surface area contributed by atoms with Crippen LogP contribution in [0.2, 0.25) is 0 Å². The number of imidazole rings is 1. The summed E-state index contributed by atoms with van der Waals surface area (Å²) in [5, 5.41) is 3.06. The molecule has 0 bridgehead atoms. The molecular formula is C23H23F4N7O. The van der Waals surface area contributed by atoms with Gasteiger partial charge in [0.25, 0.3) is 0 Å². The molecule has 1 saturated heterocycles. The lowest BCUT2D eigenvalue weighted by Crippen LogP contribution is -2.68. The average Bonchev–Trinajstić information content (AvgIpc) is 3.20. The lowest BCUT2D eigenvalue weighted by atomic mass is 9.71. The van der Waals surface area contributed by atoms with Gasteiger partial charge in [-0.05, 0) is 20.0 Å². The van der Waals surface area contributed by atoms with Crippen molar-refractivity contribution in [2.45, 2.75) is 31.1 Å². The number of hydrogen-bond donors (Lipinski definition) is 1. The number of fused-ring (bicyclic) bond motifs is 2. The molecule has 1 spiro atoms. The van der Waals surface area contributed by atoms with Crippen LogP contribution in [-0.2, 0) is 30.0 Å². The number of alkyl halides is 3. The van der Waals surface area contributed by atoms with E-state index in [2.05, 4.69) is 20.3 Å². The van der Waals surface area contributed by atoms with E-state index in [-0.39, 0.29) is 18.0 Å². The molecule has 8 nitrogen and oxygen atoms in total. The smallest absolute Gasteiger partial charge is 0.363 e. The third kappa shape index (κ3) is 3.72. The summed E-state index contributed by atoms with van der Waals surface area (Å²) in [6, 6.07) is 2.36. The lowest BCUT2D eigenvalue weighted by Gasteiger charge is -2.51. The van der Waals surface area contributed by atoms with Crippen LogP contribution in [-0.4, -0.2) is 50.5 Å². The van der Waals surface area contributed by atoms with Gasteiger partial charge in [-0.15, -0.1) is 0 Å². The van der Waals surface area contributed by atoms with Crippen LogP contribution in [0.5, 0.6) is 0 Å². The van der Waals surface area contributed by atoms with Crippen LogP contribution in [0.4, 0.5) is 29.2 Å². The maximum atomic E-state index is 14.8. The second kappa shape index (κ2) is 8.01. The molecule has 184 valence electrons. The van der Waals surface area contributed by atoms with Gasteiger partial charge in [-0.2, -0.15) is 13.2 Å². The number of hydrogen-bond acceptors (Lipinski definition) is 6. The number of aromatic nitrogens is 4. The van der Waals surface area contributed by atoms with E-state index in [1.807, 2.05) is 11.9 Å². The lowest BCUT2D eigenvalue weighted by molar-refractivity contribution is -0.140. The quantitative estimate of drug-likeness (QED) is 0.567. The van der Waals surface area contributed by atoms with Crippen molar-refractivity contribution in [2.75, 3.05) is 30.4 Å². The second-order valence-corrected chi connectivity index (χ2v) is 9.17. The molecule has 0 aliphatic carbocycles. The van der Waals surface area contributed by atoms with Crippen molar-refractivity contribution in [2.24, 2.45) is 7.05 Å². The Hall–Kier alpha value is -3.54. The van der Waals surface area contributed by atoms with Crippen LogP contribution in [0.25, 0.3) is 0 Å². The summed E-state index contributed by atoms with van der Waals surface area (Å²) in [7, 11) is 3.70. The SMILES string of the molecule is C[C@@H](Nc1ncnc2c1CN(c1cn(C)cn1)C(=O)C21CN(C)C1)c1cccc(C(F)(F)F)c1F. The summed E-state index contributed by atoms with van der Waals surface area (Å²) < 4.78 is 56.2. The molecule has 1 N–H and O–H groups in total. The van der Waals surface area contributed by atoms with E-state index < -0.39 is 29.0 Å². The first-order valence-electron chi connectivity index (χ1n) is 11.0. The van der Waals surface area contributed by atoms with Crippen LogP contribution in [0.1, 0.15) is 35.3 Å². The molecule has 35 heavy (non-hydrogen) atoms. The van der Waals surface area contributed by atoms with Gasteiger partial charge in [0.15, 0.2) is 5.82 Å². The van der Waals surface area contributed by atoms with Gasteiger partial charge >= 0.3 is 6.18 Å². The number of halogens is 4. The molecule has 0 unspecified atom stereocenters. The number of nitrogens with zero attached hydrogens (tertiary/aromatic N) is 6. The van der Waals surface area contributed by atoms with E-state index in [1.165, 1.54) is 18.5 Å². The van der Waals surface area contributed by atoms with Crippen molar-refractivity contribution >= 4 is 17.5 Å². The van der Waals surface area contributed by atoms with Gasteiger partial charge in [0.2, 0.25) is 5.91 Å². The molecule has 3 aromatic rings. The summed E-state index contributed by atoms with van der Waals surface area (Å²) >= 11 is 0. The van der Waals surface area contributed by atoms with Gasteiger partial charge in [-0.1, -0.05) is 12.1 Å². The molecular weight excluding hydrogens is 466 g/mol. The average molecular weight is 489 g/mol. The number of likely N-dealkylation sites (tertiary alicyclic amines) is 1. The first kappa shape index (κ1) is 23.2. The molecule has 0 saturated carbocycles. The maximum absolute atomic E-state index is 14.8. The number of anilines is 2. The fourth-order valence-corrected chi connectivity index (χ4v) is 4.96. The van der Waals surface area contributed by atoms with E-state index in [9.17, 15) is 22.4 Å². The minimum absolute atomic E-state index is 0.122. The molecule has 2 aliphatic heterocycles. The highest BCUT2D eigenvalue weighted by molar-refractivity contribution is 6.03. The Bertz CT molecular complexity index is 1300. The Morgan fingerprint density at radius 2 is 1.89 bits per heavy atom. The van der Waals surface area contributed by atoms with Crippen LogP contribution in [0, 0.1) is 5.82 Å². The number of aryl methyl sites for hydroxylation is 1. The standard InChI is InChI=1S/C23H23F4N7O/c1-13(14-5-4-6-16(18(14)24)23(25,26)27)31-20-15-7-34(17-8-32(2)12-30-17)21(35)22(9-33(3)10-22)19(15)28-11-29-20/h4-6,8,11-13H,7,9-10H2,1-3H3,(H,28,29,31)/t13-/m1/s1. The number of carbonyl (C=O) groups excluding carboxylic acids is 1. The molecule has 12 heteroatoms. The highest BCUT2D eigenvalue weighted by Gasteiger charge is 2.56. The Morgan fingerprint density at radius 1 is 1.14 bits per heavy atom. The zero-order chi connectivity index (χ0) is 25.1. The van der Waals surface area contributed by atoms with E-state index in [0.717, 1.165) is 0 Å². The highest BCUT2D eigenvalue weighted by atomic mass is 19.4. The summed E-state index contributed by atoms with van der Waals surface area (Å²) in [5.41, 5.74) is -1.15. The Morgan fingerprint density at radius 3 is 2.51 bits per heavy atom. The van der Waals surface area contributed by atoms with Gasteiger partial charge in [0, 0.05) is 37.5 Å². The summed E-state index contributed by atoms with van der Waals surface area (Å²) in [6.07, 6.45) is -0.159. The van der Waals surface area contributed by atoms with Gasteiger partial charge < -0.3 is 14.8 Å². The summed E-state index contributed by atoms with van der Waals surface area (Å²) in [5.74, 6) is -0.640. The molecule has 1 aromatic carbocycles.